The van der Waals surface area contributed by atoms with Crippen LogP contribution in [0, 0.1) is 0 Å². The minimum absolute atomic E-state index is 0.813. The van der Waals surface area contributed by atoms with E-state index in [1.54, 1.807) is 6.20 Å². The van der Waals surface area contributed by atoms with Crippen molar-refractivity contribution >= 4 is 17.1 Å². The van der Waals surface area contributed by atoms with Gasteiger partial charge in [-0.15, -0.1) is 0 Å². The second-order valence-electron chi connectivity index (χ2n) is 7.00. The molecule has 4 aromatic rings. The fourth-order valence-corrected chi connectivity index (χ4v) is 3.68. The Morgan fingerprint density at radius 3 is 2.79 bits per heavy atom. The first kappa shape index (κ1) is 16.6. The van der Waals surface area contributed by atoms with Gasteiger partial charge < -0.3 is 0 Å². The molecule has 0 bridgehead atoms. The molecule has 2 aromatic carbocycles. The van der Waals surface area contributed by atoms with Crippen LogP contribution >= 0.6 is 0 Å². The van der Waals surface area contributed by atoms with Crippen LogP contribution in [0.1, 0.15) is 16.8 Å². The molecule has 0 amide bonds. The molecule has 5 rings (SSSR count). The van der Waals surface area contributed by atoms with Crippen LogP contribution in [-0.2, 0) is 13.0 Å². The van der Waals surface area contributed by atoms with E-state index in [1.807, 2.05) is 30.6 Å². The topological polar surface area (TPSA) is 41.4 Å². The highest BCUT2D eigenvalue weighted by atomic mass is 15.4. The average Bonchev–Trinajstić information content (AvgIpc) is 2.77. The summed E-state index contributed by atoms with van der Waals surface area (Å²) in [5.41, 5.74) is 6.95. The summed E-state index contributed by atoms with van der Waals surface area (Å²) in [6, 6.07) is 23.0. The van der Waals surface area contributed by atoms with E-state index < -0.39 is 0 Å². The molecule has 4 nitrogen and oxygen atoms in total. The summed E-state index contributed by atoms with van der Waals surface area (Å²) in [5, 5.41) is 7.99. The molecule has 2 aromatic heterocycles. The summed E-state index contributed by atoms with van der Waals surface area (Å²) < 4.78 is 0. The first-order valence-electron chi connectivity index (χ1n) is 9.53. The number of hydrogen-bond donors (Lipinski definition) is 0. The molecular formula is C24H20N4. The van der Waals surface area contributed by atoms with Crippen LogP contribution in [0.4, 0.5) is 0 Å². The van der Waals surface area contributed by atoms with Crippen molar-refractivity contribution in [3.05, 3.63) is 95.9 Å². The van der Waals surface area contributed by atoms with Gasteiger partial charge in [-0.25, -0.2) is 0 Å². The highest BCUT2D eigenvalue weighted by Crippen LogP contribution is 2.27. The van der Waals surface area contributed by atoms with E-state index in [-0.39, 0.29) is 0 Å². The molecule has 4 heteroatoms. The van der Waals surface area contributed by atoms with E-state index in [9.17, 15) is 0 Å². The molecule has 28 heavy (non-hydrogen) atoms. The Kier molecular flexibility index (Phi) is 4.30. The zero-order valence-corrected chi connectivity index (χ0v) is 15.5. The van der Waals surface area contributed by atoms with Gasteiger partial charge in [-0.1, -0.05) is 48.5 Å². The molecule has 0 fully saturated rings. The van der Waals surface area contributed by atoms with Crippen LogP contribution in [0.3, 0.4) is 0 Å². The lowest BCUT2D eigenvalue weighted by Crippen LogP contribution is -2.24. The van der Waals surface area contributed by atoms with Gasteiger partial charge in [-0.05, 0) is 29.3 Å². The zero-order valence-electron chi connectivity index (χ0n) is 15.5. The Bertz CT molecular complexity index is 1150. The molecule has 0 spiro atoms. The Balaban J connectivity index is 1.33. The maximum Gasteiger partial charge on any atom is 0.0705 e. The van der Waals surface area contributed by atoms with E-state index in [4.69, 9.17) is 10.1 Å². The lowest BCUT2D eigenvalue weighted by Gasteiger charge is -2.25. The predicted octanol–water partition coefficient (Wildman–Crippen LogP) is 4.69. The maximum absolute atomic E-state index is 4.77. The number of para-hydroxylation sites is 1. The van der Waals surface area contributed by atoms with Crippen LogP contribution < -0.4 is 0 Å². The molecule has 136 valence electrons. The van der Waals surface area contributed by atoms with Crippen LogP contribution in [0.15, 0.2) is 84.2 Å². The number of fused-ring (bicyclic) bond motifs is 2. The third-order valence-corrected chi connectivity index (χ3v) is 5.15. The summed E-state index contributed by atoms with van der Waals surface area (Å²) in [6.45, 7) is 1.66. The van der Waals surface area contributed by atoms with Crippen molar-refractivity contribution in [2.75, 3.05) is 6.54 Å². The molecule has 0 atom stereocenters. The monoisotopic (exact) mass is 364 g/mol. The summed E-state index contributed by atoms with van der Waals surface area (Å²) in [7, 11) is 0. The quantitative estimate of drug-likeness (QED) is 0.527. The van der Waals surface area contributed by atoms with Gasteiger partial charge in [-0.3, -0.25) is 15.0 Å². The first-order chi connectivity index (χ1) is 13.9. The van der Waals surface area contributed by atoms with E-state index in [1.165, 1.54) is 22.1 Å². The fourth-order valence-electron chi connectivity index (χ4n) is 3.68. The standard InChI is InChI=1S/C24H20N4/c1-2-9-24-18(5-1)10-11-21(27-24)12-14-28-17-20-6-3-8-22(23(20)16-26-28)19-7-4-13-25-15-19/h1-11,13,15-16H,12,14,17H2. The number of hydrazone groups is 1. The highest BCUT2D eigenvalue weighted by Gasteiger charge is 2.15. The van der Waals surface area contributed by atoms with Gasteiger partial charge in [0.15, 0.2) is 0 Å². The summed E-state index contributed by atoms with van der Waals surface area (Å²) in [5.74, 6) is 0. The molecule has 0 radical (unpaired) electrons. The van der Waals surface area contributed by atoms with Crippen molar-refractivity contribution in [3.8, 4) is 11.1 Å². The molecule has 0 N–H and O–H groups in total. The number of pyridine rings is 2. The van der Waals surface area contributed by atoms with Gasteiger partial charge in [0.2, 0.25) is 0 Å². The number of hydrogen-bond acceptors (Lipinski definition) is 4. The van der Waals surface area contributed by atoms with Crippen molar-refractivity contribution in [1.82, 2.24) is 15.0 Å². The normalized spacial score (nSPS) is 12.9. The van der Waals surface area contributed by atoms with E-state index in [0.29, 0.717) is 0 Å². The predicted molar refractivity (Wildman–Crippen MR) is 113 cm³/mol. The minimum atomic E-state index is 0.813. The molecular weight excluding hydrogens is 344 g/mol. The third kappa shape index (κ3) is 3.25. The van der Waals surface area contributed by atoms with Crippen molar-refractivity contribution in [3.63, 3.8) is 0 Å². The molecule has 0 aliphatic carbocycles. The molecule has 1 aliphatic heterocycles. The van der Waals surface area contributed by atoms with E-state index in [2.05, 4.69) is 58.5 Å². The summed E-state index contributed by atoms with van der Waals surface area (Å²) in [6.07, 6.45) is 6.56. The number of aromatic nitrogens is 2. The number of rotatable bonds is 4. The minimum Gasteiger partial charge on any atom is -0.292 e. The average molecular weight is 364 g/mol. The molecule has 0 unspecified atom stereocenters. The van der Waals surface area contributed by atoms with Gasteiger partial charge in [0, 0.05) is 47.6 Å². The molecule has 0 saturated heterocycles. The van der Waals surface area contributed by atoms with Crippen LogP contribution in [0.5, 0.6) is 0 Å². The Hall–Kier alpha value is -3.53. The van der Waals surface area contributed by atoms with Gasteiger partial charge >= 0.3 is 0 Å². The van der Waals surface area contributed by atoms with Gasteiger partial charge in [0.25, 0.3) is 0 Å². The van der Waals surface area contributed by atoms with Crippen molar-refractivity contribution < 1.29 is 0 Å². The summed E-state index contributed by atoms with van der Waals surface area (Å²) in [4.78, 5) is 9.02. The second-order valence-corrected chi connectivity index (χ2v) is 7.00. The Morgan fingerprint density at radius 1 is 0.893 bits per heavy atom. The van der Waals surface area contributed by atoms with Gasteiger partial charge in [0.05, 0.1) is 18.3 Å². The van der Waals surface area contributed by atoms with E-state index >= 15 is 0 Å². The number of benzene rings is 2. The molecule has 0 saturated carbocycles. The van der Waals surface area contributed by atoms with Gasteiger partial charge in [-0.2, -0.15) is 5.10 Å². The number of nitrogens with zero attached hydrogens (tertiary/aromatic N) is 4. The smallest absolute Gasteiger partial charge is 0.0705 e. The van der Waals surface area contributed by atoms with Crippen molar-refractivity contribution in [2.24, 2.45) is 5.10 Å². The van der Waals surface area contributed by atoms with Crippen LogP contribution in [-0.4, -0.2) is 27.7 Å². The Morgan fingerprint density at radius 2 is 1.86 bits per heavy atom. The lowest BCUT2D eigenvalue weighted by molar-refractivity contribution is 0.280. The molecule has 1 aliphatic rings. The van der Waals surface area contributed by atoms with Crippen molar-refractivity contribution in [2.45, 2.75) is 13.0 Å². The highest BCUT2D eigenvalue weighted by molar-refractivity contribution is 5.92. The fraction of sp³-hybridized carbons (Fsp3) is 0.125. The first-order valence-corrected chi connectivity index (χ1v) is 9.53. The summed E-state index contributed by atoms with van der Waals surface area (Å²) >= 11 is 0. The SMILES string of the molecule is C1=NN(CCc2ccc3ccccc3n2)Cc2cccc(-c3cccnc3)c21. The van der Waals surface area contributed by atoms with Crippen LogP contribution in [0.25, 0.3) is 22.0 Å². The molecule has 3 heterocycles. The maximum atomic E-state index is 4.77. The lowest BCUT2D eigenvalue weighted by atomic mass is 9.96. The van der Waals surface area contributed by atoms with E-state index in [0.717, 1.165) is 36.3 Å². The zero-order chi connectivity index (χ0) is 18.8. The second kappa shape index (κ2) is 7.24. The van der Waals surface area contributed by atoms with Crippen LogP contribution in [0.2, 0.25) is 0 Å². The third-order valence-electron chi connectivity index (χ3n) is 5.15. The van der Waals surface area contributed by atoms with Crippen molar-refractivity contribution in [1.29, 1.82) is 0 Å². The largest absolute Gasteiger partial charge is 0.292 e. The Labute approximate surface area is 164 Å². The van der Waals surface area contributed by atoms with Gasteiger partial charge in [0.1, 0.15) is 0 Å².